The first-order valence-corrected chi connectivity index (χ1v) is 5.23. The van der Waals surface area contributed by atoms with E-state index < -0.39 is 0 Å². The van der Waals surface area contributed by atoms with Gasteiger partial charge in [-0.15, -0.1) is 0 Å². The number of aliphatic hydroxyl groups is 1. The standard InChI is InChI=1S/C10H22N2O3/c1-9(5-4-7-13)11-10(14)12(2)6-8-15-3/h9,13H,4-8H2,1-3H3,(H,11,14). The van der Waals surface area contributed by atoms with Gasteiger partial charge in [0, 0.05) is 33.4 Å². The fourth-order valence-corrected chi connectivity index (χ4v) is 1.12. The Balaban J connectivity index is 3.70. The summed E-state index contributed by atoms with van der Waals surface area (Å²) in [6, 6.07) is -0.00728. The normalized spacial score (nSPS) is 12.3. The zero-order chi connectivity index (χ0) is 11.7. The summed E-state index contributed by atoms with van der Waals surface area (Å²) in [4.78, 5) is 13.1. The minimum atomic E-state index is -0.0995. The minimum absolute atomic E-state index is 0.0923. The largest absolute Gasteiger partial charge is 0.396 e. The SMILES string of the molecule is COCCN(C)C(=O)NC(C)CCCO. The van der Waals surface area contributed by atoms with Gasteiger partial charge in [-0.1, -0.05) is 0 Å². The Kier molecular flexibility index (Phi) is 8.04. The maximum absolute atomic E-state index is 11.5. The number of amides is 2. The number of urea groups is 1. The van der Waals surface area contributed by atoms with Crippen molar-refractivity contribution in [3.8, 4) is 0 Å². The molecule has 0 fully saturated rings. The van der Waals surface area contributed by atoms with Gasteiger partial charge in [0.15, 0.2) is 0 Å². The van der Waals surface area contributed by atoms with E-state index in [1.807, 2.05) is 6.92 Å². The lowest BCUT2D eigenvalue weighted by atomic mass is 10.2. The van der Waals surface area contributed by atoms with E-state index in [1.165, 1.54) is 0 Å². The summed E-state index contributed by atoms with van der Waals surface area (Å²) in [5, 5.41) is 11.5. The molecule has 0 spiro atoms. The van der Waals surface area contributed by atoms with E-state index in [9.17, 15) is 4.79 Å². The zero-order valence-electron chi connectivity index (χ0n) is 9.82. The second-order valence-electron chi connectivity index (χ2n) is 3.63. The van der Waals surface area contributed by atoms with Crippen LogP contribution in [0.5, 0.6) is 0 Å². The number of carbonyl (C=O) groups is 1. The Morgan fingerprint density at radius 1 is 1.60 bits per heavy atom. The number of likely N-dealkylation sites (N-methyl/N-ethyl adjacent to an activating group) is 1. The average molecular weight is 218 g/mol. The van der Waals surface area contributed by atoms with Crippen LogP contribution in [-0.2, 0) is 4.74 Å². The zero-order valence-corrected chi connectivity index (χ0v) is 9.82. The van der Waals surface area contributed by atoms with E-state index in [1.54, 1.807) is 19.1 Å². The van der Waals surface area contributed by atoms with E-state index in [2.05, 4.69) is 5.32 Å². The highest BCUT2D eigenvalue weighted by molar-refractivity contribution is 5.74. The van der Waals surface area contributed by atoms with Gasteiger partial charge < -0.3 is 20.1 Å². The summed E-state index contributed by atoms with van der Waals surface area (Å²) in [7, 11) is 3.34. The molecule has 0 aliphatic heterocycles. The van der Waals surface area contributed by atoms with E-state index in [0.717, 1.165) is 6.42 Å². The van der Waals surface area contributed by atoms with Crippen molar-refractivity contribution in [1.29, 1.82) is 0 Å². The molecule has 5 heteroatoms. The van der Waals surface area contributed by atoms with Crippen LogP contribution in [0.15, 0.2) is 0 Å². The van der Waals surface area contributed by atoms with Crippen LogP contribution in [0.1, 0.15) is 19.8 Å². The highest BCUT2D eigenvalue weighted by atomic mass is 16.5. The van der Waals surface area contributed by atoms with Crippen LogP contribution in [0.4, 0.5) is 4.79 Å². The van der Waals surface area contributed by atoms with E-state index in [-0.39, 0.29) is 18.7 Å². The summed E-state index contributed by atoms with van der Waals surface area (Å²) >= 11 is 0. The molecule has 0 aliphatic carbocycles. The number of nitrogens with zero attached hydrogens (tertiary/aromatic N) is 1. The first-order chi connectivity index (χ1) is 7.11. The molecule has 90 valence electrons. The number of ether oxygens (including phenoxy) is 1. The van der Waals surface area contributed by atoms with E-state index >= 15 is 0 Å². The van der Waals surface area contributed by atoms with Gasteiger partial charge >= 0.3 is 6.03 Å². The van der Waals surface area contributed by atoms with Crippen LogP contribution in [0.2, 0.25) is 0 Å². The third-order valence-corrected chi connectivity index (χ3v) is 2.14. The van der Waals surface area contributed by atoms with Crippen LogP contribution < -0.4 is 5.32 Å². The lowest BCUT2D eigenvalue weighted by Crippen LogP contribution is -2.43. The molecule has 0 rings (SSSR count). The van der Waals surface area contributed by atoms with Crippen molar-refractivity contribution in [1.82, 2.24) is 10.2 Å². The van der Waals surface area contributed by atoms with Crippen molar-refractivity contribution in [3.63, 3.8) is 0 Å². The number of nitrogens with one attached hydrogen (secondary N) is 1. The van der Waals surface area contributed by atoms with Crippen molar-refractivity contribution in [3.05, 3.63) is 0 Å². The minimum Gasteiger partial charge on any atom is -0.396 e. The van der Waals surface area contributed by atoms with Crippen molar-refractivity contribution in [2.45, 2.75) is 25.8 Å². The molecule has 0 aromatic heterocycles. The topological polar surface area (TPSA) is 61.8 Å². The molecule has 0 aliphatic rings. The van der Waals surface area contributed by atoms with Crippen molar-refractivity contribution in [2.24, 2.45) is 0 Å². The Morgan fingerprint density at radius 2 is 2.27 bits per heavy atom. The van der Waals surface area contributed by atoms with Gasteiger partial charge in [-0.3, -0.25) is 0 Å². The highest BCUT2D eigenvalue weighted by Crippen LogP contribution is 1.96. The maximum Gasteiger partial charge on any atom is 0.317 e. The molecule has 0 aromatic carbocycles. The first kappa shape index (κ1) is 14.2. The van der Waals surface area contributed by atoms with E-state index in [4.69, 9.17) is 9.84 Å². The number of hydrogen-bond donors (Lipinski definition) is 2. The van der Waals surface area contributed by atoms with Gasteiger partial charge in [-0.05, 0) is 19.8 Å². The molecule has 0 aromatic rings. The van der Waals surface area contributed by atoms with Crippen LogP contribution >= 0.6 is 0 Å². The smallest absolute Gasteiger partial charge is 0.317 e. The molecule has 2 amide bonds. The highest BCUT2D eigenvalue weighted by Gasteiger charge is 2.10. The lowest BCUT2D eigenvalue weighted by molar-refractivity contribution is 0.157. The number of rotatable bonds is 7. The Morgan fingerprint density at radius 3 is 2.80 bits per heavy atom. The molecule has 0 saturated carbocycles. The molecule has 0 radical (unpaired) electrons. The molecule has 15 heavy (non-hydrogen) atoms. The number of carbonyl (C=O) groups excluding carboxylic acids is 1. The predicted molar refractivity (Wildman–Crippen MR) is 58.8 cm³/mol. The molecule has 1 atom stereocenters. The fraction of sp³-hybridized carbons (Fsp3) is 0.900. The second kappa shape index (κ2) is 8.49. The van der Waals surface area contributed by atoms with Gasteiger partial charge in [-0.2, -0.15) is 0 Å². The predicted octanol–water partition coefficient (Wildman–Crippen LogP) is 0.435. The monoisotopic (exact) mass is 218 g/mol. The number of methoxy groups -OCH3 is 1. The lowest BCUT2D eigenvalue weighted by Gasteiger charge is -2.20. The maximum atomic E-state index is 11.5. The van der Waals surface area contributed by atoms with E-state index in [0.29, 0.717) is 19.6 Å². The number of hydrogen-bond acceptors (Lipinski definition) is 3. The molecular formula is C10H22N2O3. The van der Waals surface area contributed by atoms with Crippen molar-refractivity contribution < 1.29 is 14.6 Å². The Labute approximate surface area is 91.4 Å². The van der Waals surface area contributed by atoms with Crippen LogP contribution in [-0.4, -0.2) is 56.0 Å². The first-order valence-electron chi connectivity index (χ1n) is 5.23. The molecule has 2 N–H and O–H groups in total. The summed E-state index contributed by atoms with van der Waals surface area (Å²) in [5.41, 5.74) is 0. The van der Waals surface area contributed by atoms with Crippen LogP contribution in [0.3, 0.4) is 0 Å². The van der Waals surface area contributed by atoms with Gasteiger partial charge in [0.1, 0.15) is 0 Å². The van der Waals surface area contributed by atoms with Crippen molar-refractivity contribution in [2.75, 3.05) is 33.9 Å². The Bertz CT molecular complexity index is 176. The molecule has 1 unspecified atom stereocenters. The third kappa shape index (κ3) is 7.16. The van der Waals surface area contributed by atoms with Crippen LogP contribution in [0, 0.1) is 0 Å². The van der Waals surface area contributed by atoms with Gasteiger partial charge in [0.05, 0.1) is 6.61 Å². The molecule has 0 heterocycles. The van der Waals surface area contributed by atoms with Crippen molar-refractivity contribution >= 4 is 6.03 Å². The molecule has 0 bridgehead atoms. The average Bonchev–Trinajstić information content (AvgIpc) is 2.22. The number of aliphatic hydroxyl groups excluding tert-OH is 1. The van der Waals surface area contributed by atoms with Gasteiger partial charge in [0.2, 0.25) is 0 Å². The molecule has 5 nitrogen and oxygen atoms in total. The molecule has 0 saturated heterocycles. The second-order valence-corrected chi connectivity index (χ2v) is 3.63. The molecular weight excluding hydrogens is 196 g/mol. The quantitative estimate of drug-likeness (QED) is 0.651. The Hall–Kier alpha value is -0.810. The fourth-order valence-electron chi connectivity index (χ4n) is 1.12. The van der Waals surface area contributed by atoms with Gasteiger partial charge in [-0.25, -0.2) is 4.79 Å². The van der Waals surface area contributed by atoms with Crippen LogP contribution in [0.25, 0.3) is 0 Å². The third-order valence-electron chi connectivity index (χ3n) is 2.14. The summed E-state index contributed by atoms with van der Waals surface area (Å²) < 4.78 is 4.88. The summed E-state index contributed by atoms with van der Waals surface area (Å²) in [6.07, 6.45) is 1.50. The summed E-state index contributed by atoms with van der Waals surface area (Å²) in [6.45, 7) is 3.21. The van der Waals surface area contributed by atoms with Gasteiger partial charge in [0.25, 0.3) is 0 Å². The summed E-state index contributed by atoms with van der Waals surface area (Å²) in [5.74, 6) is 0.